The molecule has 0 aromatic carbocycles. The highest BCUT2D eigenvalue weighted by atomic mass is 32.5. The predicted octanol–water partition coefficient (Wildman–Crippen LogP) is 0.335. The van der Waals surface area contributed by atoms with E-state index in [1.807, 2.05) is 0 Å². The van der Waals surface area contributed by atoms with E-state index < -0.39 is 6.49 Å². The van der Waals surface area contributed by atoms with Crippen molar-refractivity contribution in [3.8, 4) is 0 Å². The molecule has 0 aromatic heterocycles. The molecule has 1 N–H and O–H groups in total. The molecule has 11 heavy (non-hydrogen) atoms. The van der Waals surface area contributed by atoms with Crippen molar-refractivity contribution in [3.63, 3.8) is 0 Å². The average Bonchev–Trinajstić information content (AvgIpc) is 2.04. The SMILES string of the molecule is CNC(=O)CP(=S)(OC)OC. The molecule has 0 atom stereocenters. The number of rotatable bonds is 4. The standard InChI is InChI=1S/C5H12NO3PS/c1-6-5(7)4-10(11,8-2)9-3/h4H2,1-3H3,(H,6,7). The van der Waals surface area contributed by atoms with Crippen LogP contribution >= 0.6 is 6.49 Å². The van der Waals surface area contributed by atoms with Gasteiger partial charge in [-0.1, -0.05) is 0 Å². The van der Waals surface area contributed by atoms with Gasteiger partial charge < -0.3 is 14.4 Å². The van der Waals surface area contributed by atoms with E-state index in [4.69, 9.17) is 20.9 Å². The van der Waals surface area contributed by atoms with Crippen LogP contribution in [0.1, 0.15) is 0 Å². The number of carbonyl (C=O) groups is 1. The summed E-state index contributed by atoms with van der Waals surface area (Å²) < 4.78 is 9.80. The van der Waals surface area contributed by atoms with E-state index in [0.717, 1.165) is 0 Å². The van der Waals surface area contributed by atoms with Crippen LogP contribution in [0.3, 0.4) is 0 Å². The monoisotopic (exact) mass is 197 g/mol. The highest BCUT2D eigenvalue weighted by Gasteiger charge is 2.18. The van der Waals surface area contributed by atoms with Crippen molar-refractivity contribution in [2.45, 2.75) is 0 Å². The van der Waals surface area contributed by atoms with Gasteiger partial charge in [0.1, 0.15) is 6.16 Å². The molecule has 0 bridgehead atoms. The molecule has 1 amide bonds. The lowest BCUT2D eigenvalue weighted by Crippen LogP contribution is -2.22. The zero-order chi connectivity index (χ0) is 8.91. The first-order valence-corrected chi connectivity index (χ1v) is 5.81. The maximum absolute atomic E-state index is 10.8. The molecule has 0 rings (SSSR count). The van der Waals surface area contributed by atoms with Crippen molar-refractivity contribution in [1.29, 1.82) is 0 Å². The molecule has 0 fully saturated rings. The van der Waals surface area contributed by atoms with Crippen molar-refractivity contribution in [2.75, 3.05) is 27.4 Å². The summed E-state index contributed by atoms with van der Waals surface area (Å²) >= 11 is 4.95. The Kier molecular flexibility index (Phi) is 4.84. The van der Waals surface area contributed by atoms with Gasteiger partial charge in [0.25, 0.3) is 0 Å². The lowest BCUT2D eigenvalue weighted by molar-refractivity contribution is -0.118. The highest BCUT2D eigenvalue weighted by molar-refractivity contribution is 8.10. The number of carbonyl (C=O) groups excluding carboxylic acids is 1. The van der Waals surface area contributed by atoms with Gasteiger partial charge in [-0.3, -0.25) is 4.79 Å². The molecule has 0 aliphatic rings. The zero-order valence-corrected chi connectivity index (χ0v) is 8.50. The van der Waals surface area contributed by atoms with Gasteiger partial charge in [-0.25, -0.2) is 0 Å². The quantitative estimate of drug-likeness (QED) is 0.660. The Balaban J connectivity index is 4.09. The highest BCUT2D eigenvalue weighted by Crippen LogP contribution is 2.46. The Labute approximate surface area is 71.4 Å². The number of amides is 1. The van der Waals surface area contributed by atoms with E-state index in [9.17, 15) is 4.79 Å². The fraction of sp³-hybridized carbons (Fsp3) is 0.800. The van der Waals surface area contributed by atoms with Crippen LogP contribution in [0.4, 0.5) is 0 Å². The molecule has 4 nitrogen and oxygen atoms in total. The maximum Gasteiger partial charge on any atom is 0.229 e. The van der Waals surface area contributed by atoms with Crippen LogP contribution in [0, 0.1) is 0 Å². The minimum absolute atomic E-state index is 0.131. The van der Waals surface area contributed by atoms with E-state index in [1.54, 1.807) is 7.05 Å². The van der Waals surface area contributed by atoms with Crippen molar-refractivity contribution >= 4 is 24.2 Å². The second-order valence-corrected chi connectivity index (χ2v) is 5.74. The summed E-state index contributed by atoms with van der Waals surface area (Å²) in [5.41, 5.74) is 0. The topological polar surface area (TPSA) is 47.6 Å². The summed E-state index contributed by atoms with van der Waals surface area (Å²) in [6, 6.07) is 0. The van der Waals surface area contributed by atoms with E-state index in [1.165, 1.54) is 14.2 Å². The molecule has 0 aliphatic carbocycles. The molecule has 0 radical (unpaired) electrons. The summed E-state index contributed by atoms with van der Waals surface area (Å²) in [6.45, 7) is -2.33. The average molecular weight is 197 g/mol. The van der Waals surface area contributed by atoms with E-state index in [-0.39, 0.29) is 12.1 Å². The molecule has 66 valence electrons. The smallest absolute Gasteiger partial charge is 0.229 e. The minimum atomic E-state index is -2.33. The first-order chi connectivity index (χ1) is 5.08. The van der Waals surface area contributed by atoms with Crippen LogP contribution in [0.25, 0.3) is 0 Å². The Hall–Kier alpha value is 0.0400. The summed E-state index contributed by atoms with van der Waals surface area (Å²) in [6.07, 6.45) is 0.131. The summed E-state index contributed by atoms with van der Waals surface area (Å²) in [5.74, 6) is -0.156. The largest absolute Gasteiger partial charge is 0.359 e. The van der Waals surface area contributed by atoms with Crippen LogP contribution in [0.15, 0.2) is 0 Å². The second-order valence-electron chi connectivity index (χ2n) is 1.81. The van der Waals surface area contributed by atoms with Crippen molar-refractivity contribution in [2.24, 2.45) is 0 Å². The Bertz CT molecular complexity index is 177. The summed E-state index contributed by atoms with van der Waals surface area (Å²) in [5, 5.41) is 2.45. The van der Waals surface area contributed by atoms with Crippen LogP contribution in [0.5, 0.6) is 0 Å². The van der Waals surface area contributed by atoms with Gasteiger partial charge in [0, 0.05) is 21.3 Å². The molecule has 0 saturated heterocycles. The first kappa shape index (κ1) is 11.0. The number of hydrogen-bond donors (Lipinski definition) is 1. The third-order valence-electron chi connectivity index (χ3n) is 1.17. The first-order valence-electron chi connectivity index (χ1n) is 2.99. The summed E-state index contributed by atoms with van der Waals surface area (Å²) in [7, 11) is 4.45. The van der Waals surface area contributed by atoms with Crippen molar-refractivity contribution < 1.29 is 13.8 Å². The van der Waals surface area contributed by atoms with E-state index in [0.29, 0.717) is 0 Å². The Morgan fingerprint density at radius 2 is 2.00 bits per heavy atom. The molecule has 6 heteroatoms. The lowest BCUT2D eigenvalue weighted by atomic mass is 10.7. The third-order valence-corrected chi connectivity index (χ3v) is 4.24. The van der Waals surface area contributed by atoms with Gasteiger partial charge in [-0.05, 0) is 11.8 Å². The molecule has 0 aliphatic heterocycles. The molecule has 0 unspecified atom stereocenters. The molecular weight excluding hydrogens is 185 g/mol. The number of nitrogens with one attached hydrogen (secondary N) is 1. The fourth-order valence-electron chi connectivity index (χ4n) is 0.459. The second kappa shape index (κ2) is 4.83. The predicted molar refractivity (Wildman–Crippen MR) is 47.2 cm³/mol. The van der Waals surface area contributed by atoms with Crippen molar-refractivity contribution in [1.82, 2.24) is 5.32 Å². The summed E-state index contributed by atoms with van der Waals surface area (Å²) in [4.78, 5) is 10.8. The third kappa shape index (κ3) is 3.82. The molecular formula is C5H12NO3PS. The molecule has 0 heterocycles. The minimum Gasteiger partial charge on any atom is -0.359 e. The van der Waals surface area contributed by atoms with Gasteiger partial charge >= 0.3 is 0 Å². The van der Waals surface area contributed by atoms with Crippen LogP contribution in [-0.2, 0) is 25.6 Å². The Morgan fingerprint density at radius 3 is 2.27 bits per heavy atom. The molecule has 0 spiro atoms. The maximum atomic E-state index is 10.8. The Morgan fingerprint density at radius 1 is 1.55 bits per heavy atom. The van der Waals surface area contributed by atoms with Crippen LogP contribution in [-0.4, -0.2) is 33.3 Å². The molecule has 0 saturated carbocycles. The van der Waals surface area contributed by atoms with Crippen molar-refractivity contribution in [3.05, 3.63) is 0 Å². The van der Waals surface area contributed by atoms with Gasteiger partial charge in [-0.15, -0.1) is 0 Å². The van der Waals surface area contributed by atoms with Gasteiger partial charge in [0.2, 0.25) is 5.91 Å². The van der Waals surface area contributed by atoms with Crippen LogP contribution < -0.4 is 5.32 Å². The lowest BCUT2D eigenvalue weighted by Gasteiger charge is -2.15. The zero-order valence-electron chi connectivity index (χ0n) is 6.79. The van der Waals surface area contributed by atoms with Gasteiger partial charge in [0.15, 0.2) is 6.49 Å². The fourth-order valence-corrected chi connectivity index (χ4v) is 1.73. The normalized spacial score (nSPS) is 11.2. The number of hydrogen-bond acceptors (Lipinski definition) is 4. The van der Waals surface area contributed by atoms with E-state index in [2.05, 4.69) is 5.32 Å². The van der Waals surface area contributed by atoms with E-state index >= 15 is 0 Å². The molecule has 0 aromatic rings. The van der Waals surface area contributed by atoms with Crippen LogP contribution in [0.2, 0.25) is 0 Å². The van der Waals surface area contributed by atoms with Gasteiger partial charge in [0.05, 0.1) is 0 Å². The van der Waals surface area contributed by atoms with Gasteiger partial charge in [-0.2, -0.15) is 0 Å².